The van der Waals surface area contributed by atoms with Crippen LogP contribution in [0.2, 0.25) is 0 Å². The number of hydrogen-bond acceptors (Lipinski definition) is 5. The molecule has 5 heteroatoms. The van der Waals surface area contributed by atoms with Crippen molar-refractivity contribution in [1.29, 1.82) is 0 Å². The van der Waals surface area contributed by atoms with Crippen molar-refractivity contribution in [3.63, 3.8) is 0 Å². The van der Waals surface area contributed by atoms with Gasteiger partial charge in [-0.1, -0.05) is 36.4 Å². The van der Waals surface area contributed by atoms with Gasteiger partial charge in [-0.15, -0.1) is 0 Å². The van der Waals surface area contributed by atoms with E-state index in [1.165, 1.54) is 14.2 Å². The van der Waals surface area contributed by atoms with Crippen LogP contribution in [0.1, 0.15) is 23.2 Å². The van der Waals surface area contributed by atoms with Gasteiger partial charge in [-0.2, -0.15) is 0 Å². The van der Waals surface area contributed by atoms with E-state index in [2.05, 4.69) is 0 Å². The average molecular weight is 288 g/mol. The molecule has 0 bridgehead atoms. The second-order valence-electron chi connectivity index (χ2n) is 4.74. The summed E-state index contributed by atoms with van der Waals surface area (Å²) in [6.07, 6.45) is 2.24. The fourth-order valence-electron chi connectivity index (χ4n) is 2.63. The predicted molar refractivity (Wildman–Crippen MR) is 74.6 cm³/mol. The number of carbonyl (C=O) groups excluding carboxylic acids is 3. The molecule has 0 radical (unpaired) electrons. The number of ketones is 1. The average Bonchev–Trinajstić information content (AvgIpc) is 2.99. The lowest BCUT2D eigenvalue weighted by molar-refractivity contribution is -0.165. The van der Waals surface area contributed by atoms with E-state index >= 15 is 0 Å². The summed E-state index contributed by atoms with van der Waals surface area (Å²) in [5.74, 6) is -1.88. The van der Waals surface area contributed by atoms with Crippen LogP contribution >= 0.6 is 0 Å². The summed E-state index contributed by atoms with van der Waals surface area (Å²) >= 11 is 0. The van der Waals surface area contributed by atoms with Crippen LogP contribution in [0.4, 0.5) is 0 Å². The molecular formula is C16H16O5. The largest absolute Gasteiger partial charge is 0.468 e. The standard InChI is InChI=1S/C16H16O5/c1-20-14(18)16(15(19)21-2)10-6-9-12(16)13(17)11-7-4-3-5-8-11/h3-5,7-9H,6,10H2,1-2H3. The Morgan fingerprint density at radius 2 is 1.57 bits per heavy atom. The molecule has 0 heterocycles. The molecule has 0 amide bonds. The van der Waals surface area contributed by atoms with Crippen molar-refractivity contribution in [2.45, 2.75) is 12.8 Å². The molecule has 1 aromatic carbocycles. The van der Waals surface area contributed by atoms with E-state index in [1.807, 2.05) is 0 Å². The minimum atomic E-state index is -1.66. The zero-order valence-electron chi connectivity index (χ0n) is 11.9. The summed E-state index contributed by atoms with van der Waals surface area (Å²) in [5, 5.41) is 0. The topological polar surface area (TPSA) is 69.7 Å². The summed E-state index contributed by atoms with van der Waals surface area (Å²) in [7, 11) is 2.38. The first-order valence-corrected chi connectivity index (χ1v) is 6.55. The summed E-state index contributed by atoms with van der Waals surface area (Å²) < 4.78 is 9.49. The summed E-state index contributed by atoms with van der Waals surface area (Å²) in [5.41, 5.74) is -1.11. The maximum atomic E-state index is 12.6. The Morgan fingerprint density at radius 3 is 2.10 bits per heavy atom. The van der Waals surface area contributed by atoms with Crippen LogP contribution in [0.5, 0.6) is 0 Å². The molecule has 0 aliphatic heterocycles. The fourth-order valence-corrected chi connectivity index (χ4v) is 2.63. The summed E-state index contributed by atoms with van der Waals surface area (Å²) in [6, 6.07) is 8.51. The second kappa shape index (κ2) is 5.91. The molecule has 110 valence electrons. The number of allylic oxidation sites excluding steroid dienone is 1. The lowest BCUT2D eigenvalue weighted by Gasteiger charge is -2.25. The van der Waals surface area contributed by atoms with Gasteiger partial charge in [0.15, 0.2) is 11.2 Å². The smallest absolute Gasteiger partial charge is 0.327 e. The minimum Gasteiger partial charge on any atom is -0.468 e. The van der Waals surface area contributed by atoms with Crippen LogP contribution < -0.4 is 0 Å². The second-order valence-corrected chi connectivity index (χ2v) is 4.74. The zero-order valence-corrected chi connectivity index (χ0v) is 11.9. The van der Waals surface area contributed by atoms with Crippen molar-refractivity contribution in [2.75, 3.05) is 14.2 Å². The molecule has 1 aromatic rings. The third-order valence-corrected chi connectivity index (χ3v) is 3.68. The van der Waals surface area contributed by atoms with Gasteiger partial charge in [0.05, 0.1) is 14.2 Å². The maximum Gasteiger partial charge on any atom is 0.327 e. The van der Waals surface area contributed by atoms with E-state index in [1.54, 1.807) is 36.4 Å². The van der Waals surface area contributed by atoms with Crippen LogP contribution in [0, 0.1) is 5.41 Å². The Bertz CT molecular complexity index is 584. The Kier molecular flexibility index (Phi) is 4.21. The molecule has 5 nitrogen and oxygen atoms in total. The van der Waals surface area contributed by atoms with Gasteiger partial charge in [-0.25, -0.2) is 0 Å². The van der Waals surface area contributed by atoms with E-state index in [0.717, 1.165) is 0 Å². The number of benzene rings is 1. The molecule has 0 aromatic heterocycles. The molecule has 0 saturated heterocycles. The number of carbonyl (C=O) groups is 3. The van der Waals surface area contributed by atoms with Crippen molar-refractivity contribution < 1.29 is 23.9 Å². The molecule has 0 N–H and O–H groups in total. The number of esters is 2. The van der Waals surface area contributed by atoms with E-state index in [4.69, 9.17) is 9.47 Å². The first-order chi connectivity index (χ1) is 10.1. The van der Waals surface area contributed by atoms with Crippen LogP contribution in [0.25, 0.3) is 0 Å². The predicted octanol–water partition coefficient (Wildman–Crippen LogP) is 1.92. The monoisotopic (exact) mass is 288 g/mol. The summed E-state index contributed by atoms with van der Waals surface area (Å²) in [6.45, 7) is 0. The highest BCUT2D eigenvalue weighted by atomic mass is 16.5. The van der Waals surface area contributed by atoms with Crippen molar-refractivity contribution in [1.82, 2.24) is 0 Å². The molecular weight excluding hydrogens is 272 g/mol. The number of hydrogen-bond donors (Lipinski definition) is 0. The van der Waals surface area contributed by atoms with Gasteiger partial charge < -0.3 is 9.47 Å². The molecule has 0 spiro atoms. The number of rotatable bonds is 4. The quantitative estimate of drug-likeness (QED) is 0.481. The van der Waals surface area contributed by atoms with E-state index in [-0.39, 0.29) is 17.8 Å². The SMILES string of the molecule is COC(=O)C1(C(=O)OC)CCC=C1C(=O)c1ccccc1. The van der Waals surface area contributed by atoms with Gasteiger partial charge in [0.2, 0.25) is 0 Å². The van der Waals surface area contributed by atoms with Crippen LogP contribution in [-0.2, 0) is 19.1 Å². The third-order valence-electron chi connectivity index (χ3n) is 3.68. The Labute approximate surface area is 122 Å². The number of ether oxygens (including phenoxy) is 2. The molecule has 1 aliphatic carbocycles. The van der Waals surface area contributed by atoms with E-state index in [0.29, 0.717) is 12.0 Å². The van der Waals surface area contributed by atoms with E-state index < -0.39 is 17.4 Å². The highest BCUT2D eigenvalue weighted by molar-refractivity contribution is 6.19. The molecule has 0 saturated carbocycles. The van der Waals surface area contributed by atoms with Gasteiger partial charge in [0.25, 0.3) is 0 Å². The van der Waals surface area contributed by atoms with Crippen LogP contribution in [0.15, 0.2) is 42.0 Å². The van der Waals surface area contributed by atoms with Gasteiger partial charge >= 0.3 is 11.9 Å². The van der Waals surface area contributed by atoms with Gasteiger partial charge in [-0.05, 0) is 12.8 Å². The minimum absolute atomic E-state index is 0.132. The lowest BCUT2D eigenvalue weighted by atomic mass is 9.78. The van der Waals surface area contributed by atoms with Crippen molar-refractivity contribution in [3.8, 4) is 0 Å². The number of Topliss-reactive ketones (excluding diaryl/α,β-unsaturated/α-hetero) is 1. The molecule has 1 aliphatic rings. The molecule has 21 heavy (non-hydrogen) atoms. The van der Waals surface area contributed by atoms with Crippen molar-refractivity contribution >= 4 is 17.7 Å². The van der Waals surface area contributed by atoms with Crippen LogP contribution in [-0.4, -0.2) is 31.9 Å². The zero-order chi connectivity index (χ0) is 15.5. The molecule has 0 unspecified atom stereocenters. The van der Waals surface area contributed by atoms with Gasteiger partial charge in [0, 0.05) is 11.1 Å². The first kappa shape index (κ1) is 15.0. The Balaban J connectivity index is 2.48. The fraction of sp³-hybridized carbons (Fsp3) is 0.312. The molecule has 2 rings (SSSR count). The Morgan fingerprint density at radius 1 is 1.00 bits per heavy atom. The Hall–Kier alpha value is -2.43. The molecule has 0 atom stereocenters. The van der Waals surface area contributed by atoms with E-state index in [9.17, 15) is 14.4 Å². The van der Waals surface area contributed by atoms with Gasteiger partial charge in [0.1, 0.15) is 0 Å². The lowest BCUT2D eigenvalue weighted by Crippen LogP contribution is -2.43. The first-order valence-electron chi connectivity index (χ1n) is 6.55. The van der Waals surface area contributed by atoms with Gasteiger partial charge in [-0.3, -0.25) is 14.4 Å². The normalized spacial score (nSPS) is 16.0. The molecule has 0 fully saturated rings. The highest BCUT2D eigenvalue weighted by Crippen LogP contribution is 2.42. The van der Waals surface area contributed by atoms with Crippen molar-refractivity contribution in [3.05, 3.63) is 47.5 Å². The maximum absolute atomic E-state index is 12.6. The highest BCUT2D eigenvalue weighted by Gasteiger charge is 2.55. The van der Waals surface area contributed by atoms with Crippen molar-refractivity contribution in [2.24, 2.45) is 5.41 Å². The summed E-state index contributed by atoms with van der Waals surface area (Å²) in [4.78, 5) is 37.0. The third kappa shape index (κ3) is 2.35. The number of methoxy groups -OCH3 is 2. The van der Waals surface area contributed by atoms with Crippen LogP contribution in [0.3, 0.4) is 0 Å².